The van der Waals surface area contributed by atoms with Crippen LogP contribution < -0.4 is 9.64 Å². The van der Waals surface area contributed by atoms with Gasteiger partial charge in [0.15, 0.2) is 11.6 Å². The fourth-order valence-corrected chi connectivity index (χ4v) is 7.25. The topological polar surface area (TPSA) is 96.4 Å². The first-order valence-corrected chi connectivity index (χ1v) is 15.3. The molecule has 1 aliphatic heterocycles. The molecule has 0 spiro atoms. The lowest BCUT2D eigenvalue weighted by Crippen LogP contribution is -2.52. The summed E-state index contributed by atoms with van der Waals surface area (Å²) in [6.07, 6.45) is 2.10. The molecule has 1 saturated carbocycles. The first-order chi connectivity index (χ1) is 19.9. The van der Waals surface area contributed by atoms with Crippen molar-refractivity contribution in [2.24, 2.45) is 5.92 Å². The summed E-state index contributed by atoms with van der Waals surface area (Å²) in [6.45, 7) is 4.51. The SMILES string of the molecule is COC1CC(N2C[C@@H](CC(C)C)N(C)S(=O)(=O)c3cc(-c4ccc(F)c(C(=O)O)c4)c(Oc4ccccc4F)cc32)C1. The molecule has 3 aromatic carbocycles. The summed E-state index contributed by atoms with van der Waals surface area (Å²) in [7, 11) is -0.826. The lowest BCUT2D eigenvalue weighted by molar-refractivity contribution is 0.0245. The van der Waals surface area contributed by atoms with Crippen LogP contribution in [-0.4, -0.2) is 62.7 Å². The molecule has 0 aromatic heterocycles. The molecule has 1 heterocycles. The standard InChI is InChI=1S/C31H34F2N2O6S/c1-18(2)11-21-17-35(20-13-22(14-20)40-4)27-16-29(41-28-8-6-5-7-26(28)33)23(15-30(27)42(38,39)34(21)3)19-9-10-25(32)24(12-19)31(36)37/h5-10,12,15-16,18,20-22H,11,13-14,17H2,1-4H3,(H,36,37)/t20?,21-,22?/m1/s1. The number of halogens is 2. The van der Waals surface area contributed by atoms with Gasteiger partial charge in [0.1, 0.15) is 16.5 Å². The van der Waals surface area contributed by atoms with E-state index in [9.17, 15) is 27.1 Å². The maximum Gasteiger partial charge on any atom is 0.338 e. The summed E-state index contributed by atoms with van der Waals surface area (Å²) in [5.41, 5.74) is 0.210. The molecule has 1 atom stereocenters. The van der Waals surface area contributed by atoms with Gasteiger partial charge in [-0.1, -0.05) is 32.0 Å². The Bertz CT molecular complexity index is 1610. The van der Waals surface area contributed by atoms with Crippen LogP contribution in [0, 0.1) is 17.6 Å². The smallest absolute Gasteiger partial charge is 0.338 e. The highest BCUT2D eigenvalue weighted by Gasteiger charge is 2.43. The van der Waals surface area contributed by atoms with Gasteiger partial charge in [-0.3, -0.25) is 0 Å². The Morgan fingerprint density at radius 3 is 2.40 bits per heavy atom. The summed E-state index contributed by atoms with van der Waals surface area (Å²) in [6, 6.07) is 11.9. The van der Waals surface area contributed by atoms with Crippen LogP contribution in [0.3, 0.4) is 0 Å². The van der Waals surface area contributed by atoms with E-state index in [0.29, 0.717) is 31.5 Å². The lowest BCUT2D eigenvalue weighted by Gasteiger charge is -2.44. The van der Waals surface area contributed by atoms with Crippen molar-refractivity contribution >= 4 is 21.7 Å². The zero-order chi connectivity index (χ0) is 30.3. The zero-order valence-corrected chi connectivity index (χ0v) is 24.7. The van der Waals surface area contributed by atoms with Gasteiger partial charge < -0.3 is 19.5 Å². The van der Waals surface area contributed by atoms with Gasteiger partial charge in [-0.15, -0.1) is 0 Å². The van der Waals surface area contributed by atoms with E-state index >= 15 is 0 Å². The molecule has 0 unspecified atom stereocenters. The third-order valence-electron chi connectivity index (χ3n) is 8.10. The number of sulfonamides is 1. The van der Waals surface area contributed by atoms with E-state index < -0.39 is 33.2 Å². The first-order valence-electron chi connectivity index (χ1n) is 13.8. The van der Waals surface area contributed by atoms with E-state index in [4.69, 9.17) is 9.47 Å². The zero-order valence-electron chi connectivity index (χ0n) is 23.9. The van der Waals surface area contributed by atoms with Gasteiger partial charge in [-0.25, -0.2) is 22.0 Å². The minimum absolute atomic E-state index is 0.00154. The number of carbonyl (C=O) groups is 1. The predicted molar refractivity (Wildman–Crippen MR) is 155 cm³/mol. The molecule has 8 nitrogen and oxygen atoms in total. The Balaban J connectivity index is 1.75. The van der Waals surface area contributed by atoms with Crippen LogP contribution in [0.2, 0.25) is 0 Å². The number of carboxylic acids is 1. The molecule has 1 aliphatic carbocycles. The van der Waals surface area contributed by atoms with Crippen molar-refractivity contribution in [1.82, 2.24) is 4.31 Å². The number of hydrogen-bond donors (Lipinski definition) is 1. The minimum atomic E-state index is -4.04. The second kappa shape index (κ2) is 11.6. The number of fused-ring (bicyclic) bond motifs is 1. The van der Waals surface area contributed by atoms with Gasteiger partial charge in [0.2, 0.25) is 10.0 Å². The molecule has 0 bridgehead atoms. The van der Waals surface area contributed by atoms with E-state index in [0.717, 1.165) is 12.1 Å². The molecule has 5 rings (SSSR count). The van der Waals surface area contributed by atoms with Gasteiger partial charge in [0, 0.05) is 44.4 Å². The van der Waals surface area contributed by atoms with Crippen LogP contribution in [0.15, 0.2) is 59.5 Å². The van der Waals surface area contributed by atoms with Crippen molar-refractivity contribution in [2.45, 2.75) is 56.2 Å². The summed E-state index contributed by atoms with van der Waals surface area (Å²) >= 11 is 0. The molecule has 3 aromatic rings. The summed E-state index contributed by atoms with van der Waals surface area (Å²) in [5.74, 6) is -2.81. The number of rotatable bonds is 8. The fraction of sp³-hybridized carbons (Fsp3) is 0.387. The minimum Gasteiger partial charge on any atom is -0.478 e. The molecule has 11 heteroatoms. The van der Waals surface area contributed by atoms with Crippen molar-refractivity contribution in [1.29, 1.82) is 0 Å². The van der Waals surface area contributed by atoms with Crippen molar-refractivity contribution < 1.29 is 36.6 Å². The highest BCUT2D eigenvalue weighted by Crippen LogP contribution is 2.46. The molecular weight excluding hydrogens is 566 g/mol. The third kappa shape index (κ3) is 5.60. The molecule has 0 amide bonds. The van der Waals surface area contributed by atoms with Gasteiger partial charge >= 0.3 is 5.97 Å². The number of ether oxygens (including phenoxy) is 2. The number of para-hydroxylation sites is 1. The lowest BCUT2D eigenvalue weighted by atomic mass is 9.86. The van der Waals surface area contributed by atoms with Gasteiger partial charge in [-0.05, 0) is 61.1 Å². The number of hydrogen-bond acceptors (Lipinski definition) is 6. The average Bonchev–Trinajstić information content (AvgIpc) is 2.98. The Kier molecular flexibility index (Phi) is 8.28. The number of nitrogens with zero attached hydrogens (tertiary/aromatic N) is 2. The van der Waals surface area contributed by atoms with E-state index in [-0.39, 0.29) is 51.6 Å². The Labute approximate surface area is 244 Å². The second-order valence-electron chi connectivity index (χ2n) is 11.3. The van der Waals surface area contributed by atoms with Crippen LogP contribution in [0.1, 0.15) is 43.5 Å². The van der Waals surface area contributed by atoms with Crippen molar-refractivity contribution in [3.05, 3.63) is 71.8 Å². The number of aromatic carboxylic acids is 1. The number of anilines is 1. The first kappa shape index (κ1) is 29.9. The van der Waals surface area contributed by atoms with Crippen LogP contribution >= 0.6 is 0 Å². The van der Waals surface area contributed by atoms with Gasteiger partial charge in [0.05, 0.1) is 17.4 Å². The van der Waals surface area contributed by atoms with Gasteiger partial charge in [0.25, 0.3) is 0 Å². The summed E-state index contributed by atoms with van der Waals surface area (Å²) < 4.78 is 70.4. The largest absolute Gasteiger partial charge is 0.478 e. The van der Waals surface area contributed by atoms with Crippen LogP contribution in [0.25, 0.3) is 11.1 Å². The maximum atomic E-state index is 14.8. The van der Waals surface area contributed by atoms with E-state index in [1.807, 2.05) is 13.8 Å². The van der Waals surface area contributed by atoms with Crippen LogP contribution in [0.4, 0.5) is 14.5 Å². The van der Waals surface area contributed by atoms with E-state index in [1.165, 1.54) is 34.6 Å². The number of methoxy groups -OCH3 is 1. The predicted octanol–water partition coefficient (Wildman–Crippen LogP) is 6.15. The Morgan fingerprint density at radius 2 is 1.76 bits per heavy atom. The average molecular weight is 601 g/mol. The Hall–Kier alpha value is -3.54. The van der Waals surface area contributed by atoms with Crippen molar-refractivity contribution in [2.75, 3.05) is 25.6 Å². The normalized spacial score (nSPS) is 21.9. The molecule has 42 heavy (non-hydrogen) atoms. The Morgan fingerprint density at radius 1 is 1.05 bits per heavy atom. The molecule has 1 N–H and O–H groups in total. The summed E-state index contributed by atoms with van der Waals surface area (Å²) in [4.78, 5) is 13.8. The number of benzene rings is 3. The molecule has 0 radical (unpaired) electrons. The van der Waals surface area contributed by atoms with Crippen molar-refractivity contribution in [3.8, 4) is 22.6 Å². The highest BCUT2D eigenvalue weighted by molar-refractivity contribution is 7.89. The number of carboxylic acid groups (broad SMARTS) is 1. The monoisotopic (exact) mass is 600 g/mol. The van der Waals surface area contributed by atoms with E-state index in [2.05, 4.69) is 4.90 Å². The molecule has 2 aliphatic rings. The quantitative estimate of drug-likeness (QED) is 0.331. The number of likely N-dealkylation sites (N-methyl/N-ethyl adjacent to an activating group) is 1. The van der Waals surface area contributed by atoms with E-state index in [1.54, 1.807) is 26.3 Å². The van der Waals surface area contributed by atoms with Crippen LogP contribution in [-0.2, 0) is 14.8 Å². The summed E-state index contributed by atoms with van der Waals surface area (Å²) in [5, 5.41) is 9.56. The fourth-order valence-electron chi connectivity index (χ4n) is 5.68. The molecular formula is C31H34F2N2O6S. The molecule has 224 valence electrons. The second-order valence-corrected chi connectivity index (χ2v) is 13.3. The van der Waals surface area contributed by atoms with Crippen LogP contribution in [0.5, 0.6) is 11.5 Å². The van der Waals surface area contributed by atoms with Gasteiger partial charge in [-0.2, -0.15) is 4.31 Å². The third-order valence-corrected chi connectivity index (χ3v) is 10.0. The molecule has 1 fully saturated rings. The van der Waals surface area contributed by atoms with Crippen molar-refractivity contribution in [3.63, 3.8) is 0 Å². The highest BCUT2D eigenvalue weighted by atomic mass is 32.2. The molecule has 0 saturated heterocycles. The maximum absolute atomic E-state index is 14.8.